The lowest BCUT2D eigenvalue weighted by molar-refractivity contribution is -0.116. The van der Waals surface area contributed by atoms with Crippen LogP contribution in [0.4, 0.5) is 5.82 Å². The van der Waals surface area contributed by atoms with Gasteiger partial charge in [0.25, 0.3) is 0 Å². The van der Waals surface area contributed by atoms with E-state index in [2.05, 4.69) is 5.32 Å². The molecule has 2 aromatic carbocycles. The number of fused-ring (bicyclic) bond motifs is 1. The Kier molecular flexibility index (Phi) is 5.56. The van der Waals surface area contributed by atoms with Crippen molar-refractivity contribution in [3.8, 4) is 17.0 Å². The minimum atomic E-state index is -0.0564. The summed E-state index contributed by atoms with van der Waals surface area (Å²) in [5.41, 5.74) is 3.56. The molecule has 1 amide bonds. The van der Waals surface area contributed by atoms with Gasteiger partial charge in [0.1, 0.15) is 22.9 Å². The number of rotatable bonds is 7. The second-order valence-corrected chi connectivity index (χ2v) is 6.69. The first-order valence-corrected chi connectivity index (χ1v) is 9.79. The molecule has 2 aromatic heterocycles. The van der Waals surface area contributed by atoms with E-state index in [-0.39, 0.29) is 5.91 Å². The molecule has 0 aliphatic rings. The van der Waals surface area contributed by atoms with Crippen LogP contribution >= 0.6 is 0 Å². The zero-order valence-electron chi connectivity index (χ0n) is 16.3. The lowest BCUT2D eigenvalue weighted by Crippen LogP contribution is -2.14. The Morgan fingerprint density at radius 3 is 2.59 bits per heavy atom. The van der Waals surface area contributed by atoms with E-state index in [0.717, 1.165) is 28.2 Å². The number of ether oxygens (including phenoxy) is 1. The zero-order chi connectivity index (χ0) is 20.1. The molecule has 0 bridgehead atoms. The van der Waals surface area contributed by atoms with E-state index in [9.17, 15) is 4.79 Å². The highest BCUT2D eigenvalue weighted by Gasteiger charge is 2.16. The van der Waals surface area contributed by atoms with Crippen LogP contribution in [-0.2, 0) is 11.2 Å². The van der Waals surface area contributed by atoms with E-state index in [0.29, 0.717) is 25.3 Å². The van der Waals surface area contributed by atoms with Crippen LogP contribution in [0.2, 0.25) is 0 Å². The maximum atomic E-state index is 12.8. The van der Waals surface area contributed by atoms with Crippen molar-refractivity contribution in [3.63, 3.8) is 0 Å². The minimum absolute atomic E-state index is 0.0564. The molecule has 5 heteroatoms. The number of para-hydroxylation sites is 1. The number of carbonyl (C=O) groups is 1. The first kappa shape index (κ1) is 18.7. The van der Waals surface area contributed by atoms with Crippen molar-refractivity contribution in [2.75, 3.05) is 11.9 Å². The van der Waals surface area contributed by atoms with Gasteiger partial charge in [-0.1, -0.05) is 54.6 Å². The Hall–Kier alpha value is -3.60. The van der Waals surface area contributed by atoms with Gasteiger partial charge in [0.15, 0.2) is 0 Å². The molecule has 29 heavy (non-hydrogen) atoms. The van der Waals surface area contributed by atoms with Crippen LogP contribution in [0.1, 0.15) is 18.9 Å². The third-order valence-corrected chi connectivity index (χ3v) is 4.73. The van der Waals surface area contributed by atoms with E-state index in [4.69, 9.17) is 9.72 Å². The lowest BCUT2D eigenvalue weighted by atomic mass is 10.1. The largest absolute Gasteiger partial charge is 0.494 e. The standard InChI is InChI=1S/C24H23N3O2/c1-2-29-20-13-7-6-10-18(20)15-16-22(28)26-24-23(19-11-4-3-5-12-19)25-21-14-8-9-17-27(21)24/h3-14,17H,2,15-16H2,1H3,(H,26,28). The molecule has 1 N–H and O–H groups in total. The summed E-state index contributed by atoms with van der Waals surface area (Å²) in [5, 5.41) is 3.07. The summed E-state index contributed by atoms with van der Waals surface area (Å²) in [6.07, 6.45) is 2.88. The van der Waals surface area contributed by atoms with Gasteiger partial charge in [0.2, 0.25) is 5.91 Å². The van der Waals surface area contributed by atoms with Crippen molar-refractivity contribution < 1.29 is 9.53 Å². The number of benzene rings is 2. The Balaban J connectivity index is 1.57. The highest BCUT2D eigenvalue weighted by molar-refractivity contribution is 5.94. The molecule has 0 radical (unpaired) electrons. The van der Waals surface area contributed by atoms with Crippen molar-refractivity contribution in [1.82, 2.24) is 9.38 Å². The second kappa shape index (κ2) is 8.61. The molecule has 146 valence electrons. The van der Waals surface area contributed by atoms with Gasteiger partial charge < -0.3 is 10.1 Å². The molecule has 2 heterocycles. The van der Waals surface area contributed by atoms with E-state index >= 15 is 0 Å². The summed E-state index contributed by atoms with van der Waals surface area (Å²) in [6, 6.07) is 23.5. The molecule has 0 unspecified atom stereocenters. The van der Waals surface area contributed by atoms with E-state index in [1.54, 1.807) is 0 Å². The average Bonchev–Trinajstić information content (AvgIpc) is 3.12. The number of pyridine rings is 1. The highest BCUT2D eigenvalue weighted by atomic mass is 16.5. The average molecular weight is 385 g/mol. The van der Waals surface area contributed by atoms with Crippen molar-refractivity contribution >= 4 is 17.4 Å². The minimum Gasteiger partial charge on any atom is -0.494 e. The van der Waals surface area contributed by atoms with Gasteiger partial charge in [0, 0.05) is 18.2 Å². The van der Waals surface area contributed by atoms with Gasteiger partial charge >= 0.3 is 0 Å². The molecule has 5 nitrogen and oxygen atoms in total. The number of nitrogens with one attached hydrogen (secondary N) is 1. The molecule has 0 spiro atoms. The SMILES string of the molecule is CCOc1ccccc1CCC(=O)Nc1c(-c2ccccc2)nc2ccccn12. The van der Waals surface area contributed by atoms with Crippen molar-refractivity contribution in [2.24, 2.45) is 0 Å². The highest BCUT2D eigenvalue weighted by Crippen LogP contribution is 2.29. The Labute approximate surface area is 170 Å². The number of anilines is 1. The van der Waals surface area contributed by atoms with Crippen LogP contribution in [0, 0.1) is 0 Å². The molecule has 0 saturated heterocycles. The van der Waals surface area contributed by atoms with E-state index < -0.39 is 0 Å². The number of imidazole rings is 1. The zero-order valence-corrected chi connectivity index (χ0v) is 16.3. The van der Waals surface area contributed by atoms with Crippen LogP contribution in [-0.4, -0.2) is 21.9 Å². The fourth-order valence-electron chi connectivity index (χ4n) is 3.36. The fraction of sp³-hybridized carbons (Fsp3) is 0.167. The summed E-state index contributed by atoms with van der Waals surface area (Å²) >= 11 is 0. The maximum Gasteiger partial charge on any atom is 0.225 e. The molecule has 0 aliphatic heterocycles. The lowest BCUT2D eigenvalue weighted by Gasteiger charge is -2.11. The number of amides is 1. The van der Waals surface area contributed by atoms with E-state index in [1.807, 2.05) is 90.3 Å². The van der Waals surface area contributed by atoms with Crippen LogP contribution in [0.5, 0.6) is 5.75 Å². The van der Waals surface area contributed by atoms with Crippen LogP contribution in [0.3, 0.4) is 0 Å². The first-order valence-electron chi connectivity index (χ1n) is 9.79. The summed E-state index contributed by atoms with van der Waals surface area (Å²) in [6.45, 7) is 2.56. The van der Waals surface area contributed by atoms with Gasteiger partial charge in [-0.15, -0.1) is 0 Å². The molecule has 0 fully saturated rings. The van der Waals surface area contributed by atoms with Gasteiger partial charge in [-0.05, 0) is 37.1 Å². The number of aryl methyl sites for hydroxylation is 1. The van der Waals surface area contributed by atoms with Gasteiger partial charge in [-0.25, -0.2) is 4.98 Å². The van der Waals surface area contributed by atoms with Crippen LogP contribution < -0.4 is 10.1 Å². The molecule has 4 aromatic rings. The summed E-state index contributed by atoms with van der Waals surface area (Å²) in [7, 11) is 0. The number of carbonyl (C=O) groups excluding carboxylic acids is 1. The van der Waals surface area contributed by atoms with Gasteiger partial charge in [-0.2, -0.15) is 0 Å². The van der Waals surface area contributed by atoms with Gasteiger partial charge in [-0.3, -0.25) is 9.20 Å². The predicted molar refractivity (Wildman–Crippen MR) is 115 cm³/mol. The third-order valence-electron chi connectivity index (χ3n) is 4.73. The Bertz CT molecular complexity index is 1120. The number of hydrogen-bond acceptors (Lipinski definition) is 3. The topological polar surface area (TPSA) is 55.6 Å². The Morgan fingerprint density at radius 1 is 1.00 bits per heavy atom. The van der Waals surface area contributed by atoms with Crippen molar-refractivity contribution in [3.05, 3.63) is 84.6 Å². The summed E-state index contributed by atoms with van der Waals surface area (Å²) in [4.78, 5) is 17.5. The number of nitrogens with zero attached hydrogens (tertiary/aromatic N) is 2. The second-order valence-electron chi connectivity index (χ2n) is 6.69. The monoisotopic (exact) mass is 385 g/mol. The van der Waals surface area contributed by atoms with Crippen molar-refractivity contribution in [1.29, 1.82) is 0 Å². The number of aromatic nitrogens is 2. The van der Waals surface area contributed by atoms with E-state index in [1.165, 1.54) is 0 Å². The third kappa shape index (κ3) is 4.14. The molecular weight excluding hydrogens is 362 g/mol. The predicted octanol–water partition coefficient (Wildman–Crippen LogP) is 4.97. The van der Waals surface area contributed by atoms with Crippen LogP contribution in [0.25, 0.3) is 16.9 Å². The Morgan fingerprint density at radius 2 is 1.76 bits per heavy atom. The maximum absolute atomic E-state index is 12.8. The molecule has 0 saturated carbocycles. The molecule has 4 rings (SSSR count). The summed E-state index contributed by atoms with van der Waals surface area (Å²) in [5.74, 6) is 1.47. The number of hydrogen-bond donors (Lipinski definition) is 1. The van der Waals surface area contributed by atoms with Gasteiger partial charge in [0.05, 0.1) is 6.61 Å². The van der Waals surface area contributed by atoms with Crippen LogP contribution in [0.15, 0.2) is 79.0 Å². The first-order chi connectivity index (χ1) is 14.3. The smallest absolute Gasteiger partial charge is 0.225 e. The molecule has 0 atom stereocenters. The van der Waals surface area contributed by atoms with Crippen molar-refractivity contribution in [2.45, 2.75) is 19.8 Å². The molecule has 0 aliphatic carbocycles. The quantitative estimate of drug-likeness (QED) is 0.489. The fourth-order valence-corrected chi connectivity index (χ4v) is 3.36. The summed E-state index contributed by atoms with van der Waals surface area (Å²) < 4.78 is 7.58. The molecular formula is C24H23N3O2. The normalized spacial score (nSPS) is 10.8.